The van der Waals surface area contributed by atoms with Crippen molar-refractivity contribution in [3.63, 3.8) is 0 Å². The van der Waals surface area contributed by atoms with Gasteiger partial charge in [0.15, 0.2) is 16.6 Å². The molecule has 0 saturated carbocycles. The maximum Gasteiger partial charge on any atom is 0.173 e. The molecule has 0 spiro atoms. The van der Waals surface area contributed by atoms with Crippen molar-refractivity contribution in [3.8, 4) is 0 Å². The summed E-state index contributed by atoms with van der Waals surface area (Å²) in [6.45, 7) is 9.73. The predicted octanol–water partition coefficient (Wildman–Crippen LogP) is 5.55. The highest BCUT2D eigenvalue weighted by molar-refractivity contribution is 6.84. The zero-order valence-corrected chi connectivity index (χ0v) is 14.5. The molecule has 0 bridgehead atoms. The van der Waals surface area contributed by atoms with Crippen molar-refractivity contribution in [2.24, 2.45) is 0 Å². The standard InChI is InChI=1S/C14H32OSi2/c1-16(2)13-11-9-7-5-6-8-10-12-14-17(3,4)15-16/h5-14H2,1-4H3. The summed E-state index contributed by atoms with van der Waals surface area (Å²) in [4.78, 5) is 0. The topological polar surface area (TPSA) is 9.23 Å². The second-order valence-corrected chi connectivity index (χ2v) is 15.8. The molecule has 1 saturated heterocycles. The Morgan fingerprint density at radius 1 is 0.529 bits per heavy atom. The lowest BCUT2D eigenvalue weighted by molar-refractivity contribution is 0.527. The van der Waals surface area contributed by atoms with Gasteiger partial charge in [-0.15, -0.1) is 0 Å². The molecule has 0 aromatic carbocycles. The molecular weight excluding hydrogens is 240 g/mol. The zero-order valence-electron chi connectivity index (χ0n) is 12.5. The summed E-state index contributed by atoms with van der Waals surface area (Å²) in [5.74, 6) is 0. The Balaban J connectivity index is 2.50. The molecule has 0 radical (unpaired) electrons. The predicted molar refractivity (Wildman–Crippen MR) is 82.6 cm³/mol. The van der Waals surface area contributed by atoms with Crippen LogP contribution >= 0.6 is 0 Å². The molecule has 0 aromatic heterocycles. The first kappa shape index (κ1) is 15.5. The Labute approximate surface area is 111 Å². The molecule has 0 unspecified atom stereocenters. The Kier molecular flexibility index (Phi) is 6.45. The van der Waals surface area contributed by atoms with Crippen molar-refractivity contribution in [2.75, 3.05) is 0 Å². The lowest BCUT2D eigenvalue weighted by Crippen LogP contribution is -2.44. The molecule has 102 valence electrons. The monoisotopic (exact) mass is 272 g/mol. The summed E-state index contributed by atoms with van der Waals surface area (Å²) in [5, 5.41) is 0. The fraction of sp³-hybridized carbons (Fsp3) is 1.00. The SMILES string of the molecule is C[Si]1(C)CCCCCCCCCC[Si](C)(C)O1. The molecule has 17 heavy (non-hydrogen) atoms. The van der Waals surface area contributed by atoms with E-state index in [0.29, 0.717) is 0 Å². The van der Waals surface area contributed by atoms with Crippen LogP contribution in [0.4, 0.5) is 0 Å². The van der Waals surface area contributed by atoms with Crippen LogP contribution in [0.15, 0.2) is 0 Å². The van der Waals surface area contributed by atoms with Crippen molar-refractivity contribution in [1.29, 1.82) is 0 Å². The highest BCUT2D eigenvalue weighted by Gasteiger charge is 2.32. The van der Waals surface area contributed by atoms with E-state index in [1.165, 1.54) is 63.5 Å². The summed E-state index contributed by atoms with van der Waals surface area (Å²) in [5.41, 5.74) is 0. The second-order valence-electron chi connectivity index (χ2n) is 6.95. The van der Waals surface area contributed by atoms with E-state index in [0.717, 1.165) is 0 Å². The normalized spacial score (nSPS) is 27.5. The third kappa shape index (κ3) is 7.42. The molecule has 0 atom stereocenters. The van der Waals surface area contributed by atoms with E-state index in [2.05, 4.69) is 26.2 Å². The molecule has 3 heteroatoms. The zero-order chi connectivity index (χ0) is 12.8. The third-order valence-electron chi connectivity index (χ3n) is 3.86. The fourth-order valence-electron chi connectivity index (χ4n) is 3.01. The van der Waals surface area contributed by atoms with Crippen molar-refractivity contribution < 1.29 is 4.12 Å². The Morgan fingerprint density at radius 3 is 1.18 bits per heavy atom. The van der Waals surface area contributed by atoms with E-state index in [9.17, 15) is 0 Å². The third-order valence-corrected chi connectivity index (χ3v) is 11.4. The minimum atomic E-state index is -1.36. The minimum Gasteiger partial charge on any atom is -0.455 e. The Hall–Kier alpha value is 0.394. The van der Waals surface area contributed by atoms with Gasteiger partial charge < -0.3 is 4.12 Å². The number of hydrogen-bond acceptors (Lipinski definition) is 1. The van der Waals surface area contributed by atoms with Gasteiger partial charge in [0.25, 0.3) is 0 Å². The largest absolute Gasteiger partial charge is 0.455 e. The van der Waals surface area contributed by atoms with Crippen LogP contribution in [-0.4, -0.2) is 16.6 Å². The van der Waals surface area contributed by atoms with Crippen LogP contribution in [-0.2, 0) is 4.12 Å². The second kappa shape index (κ2) is 7.10. The molecular formula is C14H32OSi2. The van der Waals surface area contributed by atoms with Gasteiger partial charge in [-0.3, -0.25) is 0 Å². The van der Waals surface area contributed by atoms with Crippen molar-refractivity contribution >= 4 is 16.6 Å². The molecule has 1 fully saturated rings. The summed E-state index contributed by atoms with van der Waals surface area (Å²) >= 11 is 0. The fourth-order valence-corrected chi connectivity index (χ4v) is 12.0. The molecule has 0 aliphatic carbocycles. The molecule has 0 amide bonds. The van der Waals surface area contributed by atoms with Crippen LogP contribution in [0.25, 0.3) is 0 Å². The minimum absolute atomic E-state index is 1.36. The quantitative estimate of drug-likeness (QED) is 0.525. The summed E-state index contributed by atoms with van der Waals surface area (Å²) < 4.78 is 6.62. The lowest BCUT2D eigenvalue weighted by atomic mass is 10.1. The van der Waals surface area contributed by atoms with E-state index in [1.807, 2.05) is 0 Å². The van der Waals surface area contributed by atoms with Gasteiger partial charge >= 0.3 is 0 Å². The van der Waals surface area contributed by atoms with E-state index in [4.69, 9.17) is 4.12 Å². The molecule has 1 nitrogen and oxygen atoms in total. The van der Waals surface area contributed by atoms with Gasteiger partial charge in [-0.05, 0) is 38.3 Å². The van der Waals surface area contributed by atoms with E-state index < -0.39 is 16.6 Å². The highest BCUT2D eigenvalue weighted by Crippen LogP contribution is 2.26. The molecule has 1 aliphatic rings. The van der Waals surface area contributed by atoms with Gasteiger partial charge in [-0.1, -0.05) is 51.4 Å². The Morgan fingerprint density at radius 2 is 0.824 bits per heavy atom. The average molecular weight is 273 g/mol. The van der Waals surface area contributed by atoms with E-state index in [-0.39, 0.29) is 0 Å². The first-order chi connectivity index (χ1) is 7.91. The van der Waals surface area contributed by atoms with Crippen LogP contribution in [0.1, 0.15) is 51.4 Å². The highest BCUT2D eigenvalue weighted by atomic mass is 28.4. The average Bonchev–Trinajstić information content (AvgIpc) is 2.18. The maximum absolute atomic E-state index is 6.62. The summed E-state index contributed by atoms with van der Waals surface area (Å²) in [7, 11) is -2.71. The van der Waals surface area contributed by atoms with Crippen LogP contribution < -0.4 is 0 Å². The first-order valence-electron chi connectivity index (χ1n) is 7.62. The number of rotatable bonds is 0. The van der Waals surface area contributed by atoms with E-state index in [1.54, 1.807) is 0 Å². The molecule has 1 aliphatic heterocycles. The number of hydrogen-bond donors (Lipinski definition) is 0. The van der Waals surface area contributed by atoms with Gasteiger partial charge in [-0.25, -0.2) is 0 Å². The van der Waals surface area contributed by atoms with E-state index >= 15 is 0 Å². The molecule has 1 rings (SSSR count). The smallest absolute Gasteiger partial charge is 0.173 e. The van der Waals surface area contributed by atoms with Crippen LogP contribution in [0, 0.1) is 0 Å². The lowest BCUT2D eigenvalue weighted by Gasteiger charge is -2.34. The van der Waals surface area contributed by atoms with Gasteiger partial charge in [0, 0.05) is 0 Å². The molecule has 1 heterocycles. The van der Waals surface area contributed by atoms with Crippen molar-refractivity contribution in [1.82, 2.24) is 0 Å². The molecule has 0 aromatic rings. The van der Waals surface area contributed by atoms with Crippen molar-refractivity contribution in [2.45, 2.75) is 89.6 Å². The van der Waals surface area contributed by atoms with Crippen LogP contribution in [0.5, 0.6) is 0 Å². The van der Waals surface area contributed by atoms with Crippen LogP contribution in [0.3, 0.4) is 0 Å². The van der Waals surface area contributed by atoms with Gasteiger partial charge in [-0.2, -0.15) is 0 Å². The van der Waals surface area contributed by atoms with Gasteiger partial charge in [0.2, 0.25) is 0 Å². The van der Waals surface area contributed by atoms with Crippen molar-refractivity contribution in [3.05, 3.63) is 0 Å². The Bertz CT molecular complexity index is 192. The van der Waals surface area contributed by atoms with Gasteiger partial charge in [0.05, 0.1) is 0 Å². The summed E-state index contributed by atoms with van der Waals surface area (Å²) in [6, 6.07) is 2.76. The van der Waals surface area contributed by atoms with Crippen LogP contribution in [0.2, 0.25) is 38.3 Å². The maximum atomic E-state index is 6.62. The first-order valence-corrected chi connectivity index (χ1v) is 13.8. The van der Waals surface area contributed by atoms with Gasteiger partial charge in [0.1, 0.15) is 0 Å². The summed E-state index contributed by atoms with van der Waals surface area (Å²) in [6.07, 6.45) is 11.5. The molecule has 0 N–H and O–H groups in total.